The Bertz CT molecular complexity index is 504. The summed E-state index contributed by atoms with van der Waals surface area (Å²) in [5.74, 6) is 0. The Kier molecular flexibility index (Phi) is 5.51. The second-order valence-corrected chi connectivity index (χ2v) is 6.98. The van der Waals surface area contributed by atoms with Crippen LogP contribution in [0.25, 0.3) is 0 Å². The predicted molar refractivity (Wildman–Crippen MR) is 76.9 cm³/mol. The molecule has 0 saturated carbocycles. The van der Waals surface area contributed by atoms with Gasteiger partial charge in [-0.05, 0) is 37.8 Å². The van der Waals surface area contributed by atoms with Crippen LogP contribution in [-0.4, -0.2) is 44.0 Å². The molecule has 20 heavy (non-hydrogen) atoms. The molecule has 112 valence electrons. The second kappa shape index (κ2) is 7.15. The van der Waals surface area contributed by atoms with Crippen LogP contribution in [-0.2, 0) is 14.8 Å². The molecule has 1 aliphatic rings. The largest absolute Gasteiger partial charge is 0.385 e. The van der Waals surface area contributed by atoms with Crippen LogP contribution in [0.5, 0.6) is 0 Å². The van der Waals surface area contributed by atoms with Gasteiger partial charge in [0, 0.05) is 38.7 Å². The Morgan fingerprint density at radius 1 is 1.45 bits per heavy atom. The van der Waals surface area contributed by atoms with Crippen molar-refractivity contribution in [1.29, 1.82) is 0 Å². The van der Waals surface area contributed by atoms with Crippen LogP contribution in [0.2, 0.25) is 0 Å². The van der Waals surface area contributed by atoms with Crippen molar-refractivity contribution >= 4 is 10.0 Å². The summed E-state index contributed by atoms with van der Waals surface area (Å²) < 4.78 is 32.1. The highest BCUT2D eigenvalue weighted by atomic mass is 32.2. The summed E-state index contributed by atoms with van der Waals surface area (Å²) >= 11 is 0. The van der Waals surface area contributed by atoms with Crippen LogP contribution < -0.4 is 0 Å². The van der Waals surface area contributed by atoms with Crippen molar-refractivity contribution in [1.82, 2.24) is 9.29 Å². The summed E-state index contributed by atoms with van der Waals surface area (Å²) in [7, 11) is -1.75. The molecule has 0 aliphatic carbocycles. The number of nitrogens with zero attached hydrogens (tertiary/aromatic N) is 2. The minimum atomic E-state index is -3.42. The monoisotopic (exact) mass is 298 g/mol. The van der Waals surface area contributed by atoms with Gasteiger partial charge in [-0.2, -0.15) is 4.31 Å². The minimum absolute atomic E-state index is 0.0871. The van der Waals surface area contributed by atoms with E-state index in [4.69, 9.17) is 4.74 Å². The van der Waals surface area contributed by atoms with E-state index >= 15 is 0 Å². The highest BCUT2D eigenvalue weighted by Gasteiger charge is 2.33. The molecule has 1 fully saturated rings. The maximum atomic E-state index is 12.7. The summed E-state index contributed by atoms with van der Waals surface area (Å²) in [6.45, 7) is 1.28. The zero-order chi connectivity index (χ0) is 14.4. The van der Waals surface area contributed by atoms with E-state index in [1.807, 2.05) is 0 Å². The van der Waals surface area contributed by atoms with Gasteiger partial charge >= 0.3 is 0 Å². The lowest BCUT2D eigenvalue weighted by Crippen LogP contribution is -2.43. The van der Waals surface area contributed by atoms with E-state index in [1.54, 1.807) is 29.7 Å². The fourth-order valence-electron chi connectivity index (χ4n) is 2.68. The molecular formula is C14H22N2O3S. The van der Waals surface area contributed by atoms with Gasteiger partial charge in [0.15, 0.2) is 0 Å². The number of pyridine rings is 1. The summed E-state index contributed by atoms with van der Waals surface area (Å²) in [4.78, 5) is 4.21. The summed E-state index contributed by atoms with van der Waals surface area (Å²) in [5, 5.41) is 0. The molecule has 0 N–H and O–H groups in total. The standard InChI is InChI=1S/C14H22N2O3S/c1-19-11-5-7-13-6-2-3-10-16(13)20(17,18)14-8-4-9-15-12-14/h4,8-9,12-13H,2-3,5-7,10-11H2,1H3/t13-/m0/s1. The van der Waals surface area contributed by atoms with Crippen molar-refractivity contribution in [3.8, 4) is 0 Å². The first-order valence-corrected chi connectivity index (χ1v) is 8.51. The lowest BCUT2D eigenvalue weighted by Gasteiger charge is -2.34. The molecule has 1 aliphatic heterocycles. The predicted octanol–water partition coefficient (Wildman–Crippen LogP) is 2.05. The number of aromatic nitrogens is 1. The Hall–Kier alpha value is -0.980. The SMILES string of the molecule is COCCC[C@@H]1CCCCN1S(=O)(=O)c1cccnc1. The Morgan fingerprint density at radius 3 is 3.00 bits per heavy atom. The normalized spacial score (nSPS) is 20.9. The van der Waals surface area contributed by atoms with Crippen LogP contribution >= 0.6 is 0 Å². The molecule has 0 radical (unpaired) electrons. The third-order valence-corrected chi connectivity index (χ3v) is 5.64. The molecule has 2 heterocycles. The average molecular weight is 298 g/mol. The average Bonchev–Trinajstić information content (AvgIpc) is 2.49. The van der Waals surface area contributed by atoms with Crippen LogP contribution in [0.3, 0.4) is 0 Å². The third kappa shape index (κ3) is 3.56. The number of rotatable bonds is 6. The van der Waals surface area contributed by atoms with Gasteiger partial charge in [-0.25, -0.2) is 8.42 Å². The number of ether oxygens (including phenoxy) is 1. The molecule has 0 aromatic carbocycles. The number of methoxy groups -OCH3 is 1. The fraction of sp³-hybridized carbons (Fsp3) is 0.643. The molecule has 1 atom stereocenters. The van der Waals surface area contributed by atoms with E-state index in [0.717, 1.165) is 32.1 Å². The zero-order valence-corrected chi connectivity index (χ0v) is 12.7. The molecule has 1 aromatic rings. The zero-order valence-electron chi connectivity index (χ0n) is 11.9. The van der Waals surface area contributed by atoms with Gasteiger partial charge in [0.25, 0.3) is 0 Å². The molecule has 1 saturated heterocycles. The fourth-order valence-corrected chi connectivity index (χ4v) is 4.37. The molecule has 0 bridgehead atoms. The summed E-state index contributed by atoms with van der Waals surface area (Å²) in [6.07, 6.45) is 7.72. The second-order valence-electron chi connectivity index (χ2n) is 5.09. The van der Waals surface area contributed by atoms with Gasteiger partial charge in [-0.3, -0.25) is 4.98 Å². The molecule has 0 unspecified atom stereocenters. The van der Waals surface area contributed by atoms with Gasteiger partial charge < -0.3 is 4.74 Å². The maximum Gasteiger partial charge on any atom is 0.244 e. The van der Waals surface area contributed by atoms with Crippen molar-refractivity contribution in [2.45, 2.75) is 43.0 Å². The van der Waals surface area contributed by atoms with E-state index < -0.39 is 10.0 Å². The first kappa shape index (κ1) is 15.4. The lowest BCUT2D eigenvalue weighted by molar-refractivity contribution is 0.172. The van der Waals surface area contributed by atoms with Crippen molar-refractivity contribution in [3.05, 3.63) is 24.5 Å². The van der Waals surface area contributed by atoms with E-state index in [9.17, 15) is 8.42 Å². The third-order valence-electron chi connectivity index (χ3n) is 3.70. The summed E-state index contributed by atoms with van der Waals surface area (Å²) in [6, 6.07) is 3.36. The highest BCUT2D eigenvalue weighted by Crippen LogP contribution is 2.27. The van der Waals surface area contributed by atoms with Crippen LogP contribution in [0.1, 0.15) is 32.1 Å². The molecule has 2 rings (SSSR count). The van der Waals surface area contributed by atoms with Gasteiger partial charge in [0.1, 0.15) is 4.90 Å². The van der Waals surface area contributed by atoms with E-state index in [-0.39, 0.29) is 6.04 Å². The molecule has 0 spiro atoms. The van der Waals surface area contributed by atoms with Crippen LogP contribution in [0.4, 0.5) is 0 Å². The Balaban J connectivity index is 2.14. The van der Waals surface area contributed by atoms with E-state index in [1.165, 1.54) is 6.20 Å². The Labute approximate surface area is 121 Å². The molecule has 1 aromatic heterocycles. The van der Waals surface area contributed by atoms with Gasteiger partial charge in [-0.15, -0.1) is 0 Å². The first-order valence-electron chi connectivity index (χ1n) is 7.07. The smallest absolute Gasteiger partial charge is 0.244 e. The van der Waals surface area contributed by atoms with Crippen molar-refractivity contribution in [2.75, 3.05) is 20.3 Å². The number of hydrogen-bond donors (Lipinski definition) is 0. The van der Waals surface area contributed by atoms with E-state index in [0.29, 0.717) is 18.0 Å². The van der Waals surface area contributed by atoms with Crippen molar-refractivity contribution in [3.63, 3.8) is 0 Å². The lowest BCUT2D eigenvalue weighted by atomic mass is 10.0. The van der Waals surface area contributed by atoms with Crippen LogP contribution in [0, 0.1) is 0 Å². The minimum Gasteiger partial charge on any atom is -0.385 e. The van der Waals surface area contributed by atoms with E-state index in [2.05, 4.69) is 4.98 Å². The van der Waals surface area contributed by atoms with Gasteiger partial charge in [0.05, 0.1) is 0 Å². The van der Waals surface area contributed by atoms with Crippen molar-refractivity contribution < 1.29 is 13.2 Å². The first-order chi connectivity index (χ1) is 9.66. The maximum absolute atomic E-state index is 12.7. The number of sulfonamides is 1. The number of piperidine rings is 1. The quantitative estimate of drug-likeness (QED) is 0.754. The molecular weight excluding hydrogens is 276 g/mol. The van der Waals surface area contributed by atoms with Crippen LogP contribution in [0.15, 0.2) is 29.4 Å². The summed E-state index contributed by atoms with van der Waals surface area (Å²) in [5.41, 5.74) is 0. The molecule has 5 nitrogen and oxygen atoms in total. The molecule has 0 amide bonds. The highest BCUT2D eigenvalue weighted by molar-refractivity contribution is 7.89. The Morgan fingerprint density at radius 2 is 2.30 bits per heavy atom. The van der Waals surface area contributed by atoms with Crippen molar-refractivity contribution in [2.24, 2.45) is 0 Å². The number of hydrogen-bond acceptors (Lipinski definition) is 4. The van der Waals surface area contributed by atoms with Gasteiger partial charge in [0.2, 0.25) is 10.0 Å². The van der Waals surface area contributed by atoms with Gasteiger partial charge in [-0.1, -0.05) is 6.42 Å². The molecule has 6 heteroatoms. The topological polar surface area (TPSA) is 59.5 Å².